The predicted octanol–water partition coefficient (Wildman–Crippen LogP) is 1.50. The second-order valence-corrected chi connectivity index (χ2v) is 4.77. The fraction of sp³-hybridized carbons (Fsp3) is 0.571. The van der Waals surface area contributed by atoms with E-state index in [2.05, 4.69) is 47.6 Å². The SMILES string of the molecule is CN(CCCNC1COC1)Cc1ccccc1. The Morgan fingerprint density at radius 1 is 1.29 bits per heavy atom. The molecule has 1 aliphatic rings. The van der Waals surface area contributed by atoms with Crippen molar-refractivity contribution in [1.82, 2.24) is 10.2 Å². The summed E-state index contributed by atoms with van der Waals surface area (Å²) < 4.78 is 5.12. The van der Waals surface area contributed by atoms with Crippen molar-refractivity contribution < 1.29 is 4.74 Å². The van der Waals surface area contributed by atoms with Gasteiger partial charge in [-0.25, -0.2) is 0 Å². The van der Waals surface area contributed by atoms with E-state index in [0.717, 1.165) is 32.8 Å². The van der Waals surface area contributed by atoms with E-state index in [1.54, 1.807) is 0 Å². The van der Waals surface area contributed by atoms with Gasteiger partial charge in [-0.15, -0.1) is 0 Å². The van der Waals surface area contributed by atoms with Gasteiger partial charge in [0, 0.05) is 6.54 Å². The van der Waals surface area contributed by atoms with Crippen LogP contribution >= 0.6 is 0 Å². The summed E-state index contributed by atoms with van der Waals surface area (Å²) in [6.45, 7) is 5.04. The second-order valence-electron chi connectivity index (χ2n) is 4.77. The van der Waals surface area contributed by atoms with Gasteiger partial charge < -0.3 is 15.0 Å². The Kier molecular flexibility index (Phi) is 4.98. The minimum atomic E-state index is 0.606. The monoisotopic (exact) mass is 234 g/mol. The Balaban J connectivity index is 1.55. The summed E-state index contributed by atoms with van der Waals surface area (Å²) in [4.78, 5) is 2.37. The van der Waals surface area contributed by atoms with Crippen molar-refractivity contribution in [3.05, 3.63) is 35.9 Å². The summed E-state index contributed by atoms with van der Waals surface area (Å²) in [5, 5.41) is 3.49. The second kappa shape index (κ2) is 6.74. The molecule has 3 heteroatoms. The van der Waals surface area contributed by atoms with E-state index in [1.165, 1.54) is 12.0 Å². The lowest BCUT2D eigenvalue weighted by Crippen LogP contribution is -2.46. The molecule has 0 radical (unpaired) electrons. The molecule has 1 heterocycles. The van der Waals surface area contributed by atoms with E-state index < -0.39 is 0 Å². The molecule has 1 aromatic carbocycles. The highest BCUT2D eigenvalue weighted by atomic mass is 16.5. The molecular formula is C14H22N2O. The Morgan fingerprint density at radius 2 is 2.06 bits per heavy atom. The topological polar surface area (TPSA) is 24.5 Å². The molecule has 0 spiro atoms. The number of ether oxygens (including phenoxy) is 1. The van der Waals surface area contributed by atoms with Gasteiger partial charge in [0.1, 0.15) is 0 Å². The number of nitrogens with zero attached hydrogens (tertiary/aromatic N) is 1. The van der Waals surface area contributed by atoms with Crippen LogP contribution in [0.2, 0.25) is 0 Å². The van der Waals surface area contributed by atoms with Crippen LogP contribution in [0.1, 0.15) is 12.0 Å². The number of hydrogen-bond acceptors (Lipinski definition) is 3. The summed E-state index contributed by atoms with van der Waals surface area (Å²) in [7, 11) is 2.18. The van der Waals surface area contributed by atoms with E-state index in [4.69, 9.17) is 4.74 Å². The van der Waals surface area contributed by atoms with Crippen molar-refractivity contribution in [2.24, 2.45) is 0 Å². The lowest BCUT2D eigenvalue weighted by molar-refractivity contribution is -0.00511. The van der Waals surface area contributed by atoms with Crippen molar-refractivity contribution in [3.8, 4) is 0 Å². The number of benzene rings is 1. The highest BCUT2D eigenvalue weighted by Crippen LogP contribution is 2.03. The molecule has 0 atom stereocenters. The molecule has 17 heavy (non-hydrogen) atoms. The Morgan fingerprint density at radius 3 is 2.71 bits per heavy atom. The molecule has 1 N–H and O–H groups in total. The molecule has 0 aromatic heterocycles. The van der Waals surface area contributed by atoms with Gasteiger partial charge in [-0.1, -0.05) is 30.3 Å². The molecule has 0 aliphatic carbocycles. The molecule has 3 nitrogen and oxygen atoms in total. The first-order chi connectivity index (χ1) is 8.34. The first-order valence-corrected chi connectivity index (χ1v) is 6.38. The lowest BCUT2D eigenvalue weighted by Gasteiger charge is -2.27. The molecule has 1 aliphatic heterocycles. The summed E-state index contributed by atoms with van der Waals surface area (Å²) in [5.41, 5.74) is 1.38. The Labute approximate surface area is 104 Å². The van der Waals surface area contributed by atoms with E-state index in [1.807, 2.05) is 0 Å². The van der Waals surface area contributed by atoms with Crippen molar-refractivity contribution in [1.29, 1.82) is 0 Å². The maximum Gasteiger partial charge on any atom is 0.0643 e. The quantitative estimate of drug-likeness (QED) is 0.724. The summed E-state index contributed by atoms with van der Waals surface area (Å²) >= 11 is 0. The van der Waals surface area contributed by atoms with Gasteiger partial charge in [0.2, 0.25) is 0 Å². The van der Waals surface area contributed by atoms with Crippen LogP contribution < -0.4 is 5.32 Å². The van der Waals surface area contributed by atoms with Crippen LogP contribution in [0.5, 0.6) is 0 Å². The molecule has 0 saturated carbocycles. The van der Waals surface area contributed by atoms with E-state index >= 15 is 0 Å². The molecule has 0 unspecified atom stereocenters. The minimum Gasteiger partial charge on any atom is -0.378 e. The molecule has 1 saturated heterocycles. The van der Waals surface area contributed by atoms with Crippen LogP contribution in [0.15, 0.2) is 30.3 Å². The number of rotatable bonds is 7. The predicted molar refractivity (Wildman–Crippen MR) is 70.0 cm³/mol. The third kappa shape index (κ3) is 4.46. The summed E-state index contributed by atoms with van der Waals surface area (Å²) in [5.74, 6) is 0. The third-order valence-electron chi connectivity index (χ3n) is 3.08. The molecule has 2 rings (SSSR count). The van der Waals surface area contributed by atoms with Crippen LogP contribution in [0.4, 0.5) is 0 Å². The third-order valence-corrected chi connectivity index (χ3v) is 3.08. The number of nitrogens with one attached hydrogen (secondary N) is 1. The van der Waals surface area contributed by atoms with Crippen LogP contribution in [0.3, 0.4) is 0 Å². The van der Waals surface area contributed by atoms with Gasteiger partial charge in [-0.3, -0.25) is 0 Å². The maximum absolute atomic E-state index is 5.12. The first kappa shape index (κ1) is 12.6. The average molecular weight is 234 g/mol. The summed E-state index contributed by atoms with van der Waals surface area (Å²) in [6, 6.07) is 11.2. The standard InChI is InChI=1S/C14H22N2O/c1-16(10-13-6-3-2-4-7-13)9-5-8-15-14-11-17-12-14/h2-4,6-7,14-15H,5,8-12H2,1H3. The van der Waals surface area contributed by atoms with Crippen molar-refractivity contribution >= 4 is 0 Å². The summed E-state index contributed by atoms with van der Waals surface area (Å²) in [6.07, 6.45) is 1.19. The highest BCUT2D eigenvalue weighted by molar-refractivity contribution is 5.14. The van der Waals surface area contributed by atoms with Crippen LogP contribution in [-0.4, -0.2) is 44.3 Å². The van der Waals surface area contributed by atoms with Crippen LogP contribution in [-0.2, 0) is 11.3 Å². The fourth-order valence-corrected chi connectivity index (χ4v) is 1.98. The van der Waals surface area contributed by atoms with Gasteiger partial charge in [-0.2, -0.15) is 0 Å². The lowest BCUT2D eigenvalue weighted by atomic mass is 10.2. The smallest absolute Gasteiger partial charge is 0.0643 e. The van der Waals surface area contributed by atoms with Crippen LogP contribution in [0.25, 0.3) is 0 Å². The molecule has 0 bridgehead atoms. The van der Waals surface area contributed by atoms with Crippen LogP contribution in [0, 0.1) is 0 Å². The molecule has 1 aromatic rings. The highest BCUT2D eigenvalue weighted by Gasteiger charge is 2.16. The molecular weight excluding hydrogens is 212 g/mol. The Bertz CT molecular complexity index is 311. The van der Waals surface area contributed by atoms with E-state index in [-0.39, 0.29) is 0 Å². The largest absolute Gasteiger partial charge is 0.378 e. The maximum atomic E-state index is 5.12. The zero-order valence-electron chi connectivity index (χ0n) is 10.6. The van der Waals surface area contributed by atoms with Gasteiger partial charge in [-0.05, 0) is 32.1 Å². The molecule has 1 fully saturated rings. The van der Waals surface area contributed by atoms with E-state index in [9.17, 15) is 0 Å². The van der Waals surface area contributed by atoms with Crippen molar-refractivity contribution in [3.63, 3.8) is 0 Å². The van der Waals surface area contributed by atoms with Crippen molar-refractivity contribution in [2.75, 3.05) is 33.4 Å². The van der Waals surface area contributed by atoms with Gasteiger partial charge in [0.15, 0.2) is 0 Å². The zero-order valence-corrected chi connectivity index (χ0v) is 10.6. The Hall–Kier alpha value is -0.900. The van der Waals surface area contributed by atoms with Gasteiger partial charge >= 0.3 is 0 Å². The fourth-order valence-electron chi connectivity index (χ4n) is 1.98. The van der Waals surface area contributed by atoms with Gasteiger partial charge in [0.25, 0.3) is 0 Å². The minimum absolute atomic E-state index is 0.606. The normalized spacial score (nSPS) is 16.1. The van der Waals surface area contributed by atoms with E-state index in [0.29, 0.717) is 6.04 Å². The van der Waals surface area contributed by atoms with Crippen molar-refractivity contribution in [2.45, 2.75) is 19.0 Å². The van der Waals surface area contributed by atoms with Gasteiger partial charge in [0.05, 0.1) is 19.3 Å². The molecule has 0 amide bonds. The molecule has 94 valence electrons. The zero-order chi connectivity index (χ0) is 11.9. The number of hydrogen-bond donors (Lipinski definition) is 1. The average Bonchev–Trinajstić information content (AvgIpc) is 2.27. The first-order valence-electron chi connectivity index (χ1n) is 6.38.